The van der Waals surface area contributed by atoms with E-state index in [1.165, 1.54) is 12.1 Å². The molecule has 1 heterocycles. The van der Waals surface area contributed by atoms with E-state index in [0.717, 1.165) is 22.1 Å². The van der Waals surface area contributed by atoms with Gasteiger partial charge < -0.3 is 14.6 Å². The topological polar surface area (TPSA) is 53.6 Å². The Balaban J connectivity index is 2.22. The van der Waals surface area contributed by atoms with E-state index in [9.17, 15) is 10.2 Å². The maximum absolute atomic E-state index is 10.0. The summed E-state index contributed by atoms with van der Waals surface area (Å²) in [5.41, 5.74) is 3.44. The van der Waals surface area contributed by atoms with Crippen LogP contribution < -0.4 is 0 Å². The van der Waals surface area contributed by atoms with Crippen LogP contribution in [0.2, 0.25) is 0 Å². The highest BCUT2D eigenvalue weighted by Crippen LogP contribution is 2.38. The van der Waals surface area contributed by atoms with Crippen LogP contribution in [0.15, 0.2) is 46.9 Å². The molecule has 21 heavy (non-hydrogen) atoms. The Morgan fingerprint density at radius 2 is 1.86 bits per heavy atom. The fourth-order valence-corrected chi connectivity index (χ4v) is 2.50. The lowest BCUT2D eigenvalue weighted by atomic mass is 10.0. The van der Waals surface area contributed by atoms with Gasteiger partial charge in [0.25, 0.3) is 0 Å². The van der Waals surface area contributed by atoms with Gasteiger partial charge in [-0.1, -0.05) is 18.2 Å². The summed E-state index contributed by atoms with van der Waals surface area (Å²) in [6, 6.07) is 10.5. The highest BCUT2D eigenvalue weighted by atomic mass is 16.3. The molecule has 3 rings (SSSR count). The van der Waals surface area contributed by atoms with Crippen LogP contribution in [-0.2, 0) is 0 Å². The van der Waals surface area contributed by atoms with Gasteiger partial charge in [0.2, 0.25) is 0 Å². The molecule has 0 radical (unpaired) electrons. The zero-order valence-corrected chi connectivity index (χ0v) is 11.9. The molecule has 0 saturated heterocycles. The summed E-state index contributed by atoms with van der Waals surface area (Å²) in [5.74, 6) is 0.659. The first-order valence-corrected chi connectivity index (χ1v) is 6.78. The minimum atomic E-state index is 0.00540. The Hall–Kier alpha value is -2.68. The first-order chi connectivity index (χ1) is 10.1. The van der Waals surface area contributed by atoms with Gasteiger partial charge in [0.1, 0.15) is 22.8 Å². The average molecular weight is 280 g/mol. The van der Waals surface area contributed by atoms with Crippen LogP contribution in [-0.4, -0.2) is 10.2 Å². The molecule has 0 aliphatic rings. The summed E-state index contributed by atoms with van der Waals surface area (Å²) in [6.45, 7) is 3.94. The maximum Gasteiger partial charge on any atom is 0.142 e. The van der Waals surface area contributed by atoms with Crippen molar-refractivity contribution in [1.29, 1.82) is 0 Å². The number of hydrogen-bond donors (Lipinski definition) is 2. The van der Waals surface area contributed by atoms with Crippen LogP contribution in [0.5, 0.6) is 11.5 Å². The summed E-state index contributed by atoms with van der Waals surface area (Å²) in [7, 11) is 0. The number of rotatable bonds is 2. The summed E-state index contributed by atoms with van der Waals surface area (Å²) >= 11 is 0. The average Bonchev–Trinajstić information content (AvgIpc) is 2.77. The van der Waals surface area contributed by atoms with Crippen molar-refractivity contribution in [2.45, 2.75) is 13.8 Å². The molecule has 0 atom stereocenters. The van der Waals surface area contributed by atoms with Gasteiger partial charge in [0.05, 0.1) is 5.56 Å². The monoisotopic (exact) mass is 280 g/mol. The van der Waals surface area contributed by atoms with Gasteiger partial charge in [0.15, 0.2) is 0 Å². The normalized spacial score (nSPS) is 11.5. The predicted molar refractivity (Wildman–Crippen MR) is 84.4 cm³/mol. The fraction of sp³-hybridized carbons (Fsp3) is 0.111. The van der Waals surface area contributed by atoms with Gasteiger partial charge in [-0.2, -0.15) is 0 Å². The Kier molecular flexibility index (Phi) is 3.18. The van der Waals surface area contributed by atoms with Gasteiger partial charge in [-0.05, 0) is 43.7 Å². The second-order valence-corrected chi connectivity index (χ2v) is 5.01. The van der Waals surface area contributed by atoms with Crippen LogP contribution in [0.25, 0.3) is 28.4 Å². The quantitative estimate of drug-likeness (QED) is 0.705. The Labute approximate surface area is 122 Å². The molecule has 3 aromatic rings. The van der Waals surface area contributed by atoms with Gasteiger partial charge in [-0.15, -0.1) is 0 Å². The minimum absolute atomic E-state index is 0.00540. The number of aryl methyl sites for hydroxylation is 1. The van der Waals surface area contributed by atoms with Gasteiger partial charge in [0, 0.05) is 17.0 Å². The summed E-state index contributed by atoms with van der Waals surface area (Å²) in [5, 5.41) is 20.4. The zero-order chi connectivity index (χ0) is 15.0. The summed E-state index contributed by atoms with van der Waals surface area (Å²) in [6.07, 6.45) is 4.02. The molecule has 0 amide bonds. The van der Waals surface area contributed by atoms with Gasteiger partial charge >= 0.3 is 0 Å². The molecule has 1 aromatic heterocycles. The molecule has 3 nitrogen and oxygen atoms in total. The lowest BCUT2D eigenvalue weighted by Crippen LogP contribution is -1.79. The smallest absolute Gasteiger partial charge is 0.142 e. The van der Waals surface area contributed by atoms with Crippen LogP contribution >= 0.6 is 0 Å². The second-order valence-electron chi connectivity index (χ2n) is 5.01. The van der Waals surface area contributed by atoms with Crippen molar-refractivity contribution in [2.75, 3.05) is 0 Å². The van der Waals surface area contributed by atoms with E-state index in [0.29, 0.717) is 11.3 Å². The van der Waals surface area contributed by atoms with Gasteiger partial charge in [-0.3, -0.25) is 0 Å². The number of phenols is 2. The molecule has 0 fully saturated rings. The van der Waals surface area contributed by atoms with Crippen molar-refractivity contribution in [1.82, 2.24) is 0 Å². The molecule has 3 heteroatoms. The maximum atomic E-state index is 10.0. The molecule has 106 valence electrons. The minimum Gasteiger partial charge on any atom is -0.508 e. The predicted octanol–water partition coefficient (Wildman–Crippen LogP) is 4.85. The molecule has 2 aromatic carbocycles. The molecular formula is C18H16O3. The highest BCUT2D eigenvalue weighted by molar-refractivity contribution is 5.90. The Morgan fingerprint density at radius 1 is 1.05 bits per heavy atom. The van der Waals surface area contributed by atoms with E-state index in [4.69, 9.17) is 4.42 Å². The lowest BCUT2D eigenvalue weighted by Gasteiger charge is -2.03. The fourth-order valence-electron chi connectivity index (χ4n) is 2.50. The SMILES string of the molecule is C/C=C/c1ccc2oc(-c3ccc(O)cc3O)c(C)c2c1. The first-order valence-electron chi connectivity index (χ1n) is 6.78. The van der Waals surface area contributed by atoms with Crippen molar-refractivity contribution in [3.8, 4) is 22.8 Å². The zero-order valence-electron chi connectivity index (χ0n) is 11.9. The van der Waals surface area contributed by atoms with E-state index in [-0.39, 0.29) is 11.5 Å². The number of fused-ring (bicyclic) bond motifs is 1. The van der Waals surface area contributed by atoms with Crippen LogP contribution in [0.3, 0.4) is 0 Å². The van der Waals surface area contributed by atoms with Crippen LogP contribution in [0, 0.1) is 6.92 Å². The number of furan rings is 1. The van der Waals surface area contributed by atoms with Crippen molar-refractivity contribution >= 4 is 17.0 Å². The van der Waals surface area contributed by atoms with E-state index in [1.54, 1.807) is 6.07 Å². The lowest BCUT2D eigenvalue weighted by molar-refractivity contribution is 0.450. The number of aromatic hydroxyl groups is 2. The summed E-state index contributed by atoms with van der Waals surface area (Å²) in [4.78, 5) is 0. The van der Waals surface area contributed by atoms with Crippen molar-refractivity contribution in [3.63, 3.8) is 0 Å². The number of benzene rings is 2. The molecule has 0 saturated carbocycles. The number of allylic oxidation sites excluding steroid dienone is 1. The Bertz CT molecular complexity index is 841. The number of phenolic OH excluding ortho intramolecular Hbond substituents is 2. The van der Waals surface area contributed by atoms with Crippen LogP contribution in [0.4, 0.5) is 0 Å². The van der Waals surface area contributed by atoms with Gasteiger partial charge in [-0.25, -0.2) is 0 Å². The summed E-state index contributed by atoms with van der Waals surface area (Å²) < 4.78 is 5.87. The first kappa shape index (κ1) is 13.3. The second kappa shape index (κ2) is 5.02. The third-order valence-corrected chi connectivity index (χ3v) is 3.55. The van der Waals surface area contributed by atoms with E-state index < -0.39 is 0 Å². The molecule has 0 spiro atoms. The molecule has 0 bridgehead atoms. The van der Waals surface area contributed by atoms with Crippen molar-refractivity contribution in [2.24, 2.45) is 0 Å². The van der Waals surface area contributed by atoms with E-state index in [2.05, 4.69) is 6.07 Å². The van der Waals surface area contributed by atoms with Crippen LogP contribution in [0.1, 0.15) is 18.1 Å². The molecule has 0 aliphatic carbocycles. The molecule has 0 unspecified atom stereocenters. The third-order valence-electron chi connectivity index (χ3n) is 3.55. The third kappa shape index (κ3) is 2.27. The van der Waals surface area contributed by atoms with Crippen molar-refractivity contribution < 1.29 is 14.6 Å². The largest absolute Gasteiger partial charge is 0.508 e. The van der Waals surface area contributed by atoms with Crippen molar-refractivity contribution in [3.05, 3.63) is 53.6 Å². The standard InChI is InChI=1S/C18H16O3/c1-3-4-12-5-8-17-15(9-12)11(2)18(21-17)14-7-6-13(19)10-16(14)20/h3-10,19-20H,1-2H3/b4-3+. The molecule has 0 aliphatic heterocycles. The molecular weight excluding hydrogens is 264 g/mol. The van der Waals surface area contributed by atoms with E-state index >= 15 is 0 Å². The highest BCUT2D eigenvalue weighted by Gasteiger charge is 2.15. The number of hydrogen-bond acceptors (Lipinski definition) is 3. The Morgan fingerprint density at radius 3 is 2.57 bits per heavy atom. The van der Waals surface area contributed by atoms with E-state index in [1.807, 2.05) is 38.1 Å². The molecule has 2 N–H and O–H groups in total.